The van der Waals surface area contributed by atoms with E-state index in [1.807, 2.05) is 0 Å². The highest BCUT2D eigenvalue weighted by Gasteiger charge is 2.48. The van der Waals surface area contributed by atoms with Gasteiger partial charge in [0.25, 0.3) is 0 Å². The van der Waals surface area contributed by atoms with E-state index in [0.29, 0.717) is 16.1 Å². The van der Waals surface area contributed by atoms with Crippen molar-refractivity contribution < 1.29 is 35.4 Å². The van der Waals surface area contributed by atoms with E-state index in [1.165, 1.54) is 33.3 Å². The quantitative estimate of drug-likeness (QED) is 0.211. The number of hydrazone groups is 1. The molecule has 172 valence electrons. The lowest BCUT2D eigenvalue weighted by atomic mass is 10.0. The molecule has 0 unspecified atom stereocenters. The molecule has 0 saturated carbocycles. The Morgan fingerprint density at radius 1 is 0.906 bits per heavy atom. The van der Waals surface area contributed by atoms with Crippen molar-refractivity contribution in [2.24, 2.45) is 5.10 Å². The van der Waals surface area contributed by atoms with Crippen LogP contribution in [0.25, 0.3) is 0 Å². The van der Waals surface area contributed by atoms with Gasteiger partial charge >= 0.3 is 27.4 Å². The predicted molar refractivity (Wildman–Crippen MR) is 111 cm³/mol. The Bertz CT molecular complexity index is 1130. The fourth-order valence-corrected chi connectivity index (χ4v) is 2.84. The molecule has 0 N–H and O–H groups in total. The number of nitrogens with zero attached hydrogens (tertiary/aromatic N) is 3. The zero-order chi connectivity index (χ0) is 24.3. The van der Waals surface area contributed by atoms with E-state index in [9.17, 15) is 31.2 Å². The Morgan fingerprint density at radius 3 is 1.81 bits per heavy atom. The first-order valence-electron chi connectivity index (χ1n) is 8.68. The lowest BCUT2D eigenvalue weighted by molar-refractivity contribution is -0.149. The highest BCUT2D eigenvalue weighted by atomic mass is 35.5. The molecule has 0 atom stereocenters. The van der Waals surface area contributed by atoms with E-state index in [0.717, 1.165) is 22.0 Å². The summed E-state index contributed by atoms with van der Waals surface area (Å²) in [6.45, 7) is 0. The first-order chi connectivity index (χ1) is 14.7. The zero-order valence-electron chi connectivity index (χ0n) is 16.9. The van der Waals surface area contributed by atoms with E-state index < -0.39 is 33.2 Å². The molecule has 0 bridgehead atoms. The molecule has 0 saturated heterocycles. The summed E-state index contributed by atoms with van der Waals surface area (Å²) in [6, 6.07) is 10.7. The van der Waals surface area contributed by atoms with Gasteiger partial charge in [0.1, 0.15) is 5.75 Å². The van der Waals surface area contributed by atoms with Crippen LogP contribution in [0.5, 0.6) is 5.75 Å². The summed E-state index contributed by atoms with van der Waals surface area (Å²) in [6.07, 6.45) is 0. The molecular weight excluding hydrogens is 475 g/mol. The molecule has 0 heterocycles. The van der Waals surface area contributed by atoms with Crippen LogP contribution >= 0.6 is 11.6 Å². The minimum absolute atomic E-state index is 0.161. The Labute approximate surface area is 186 Å². The maximum atomic E-state index is 12.5. The standard InChI is InChI=1S/C19H17ClF3N3O5S/c1-25(2)17(27)18(28)26(3)24-16(12-4-8-14(20)9-5-12)13-6-10-15(11-7-13)31-32(29,30)19(21,22)23/h4-11H,1-3H3/b24-16-. The molecule has 2 amide bonds. The SMILES string of the molecule is CN(C)C(=O)C(=O)N(C)/N=C(/c1ccc(Cl)cc1)c1ccc(OS(=O)(=O)C(F)(F)F)cc1. The molecule has 0 aliphatic carbocycles. The van der Waals surface area contributed by atoms with Crippen LogP contribution in [0.15, 0.2) is 53.6 Å². The van der Waals surface area contributed by atoms with Gasteiger partial charge in [-0.1, -0.05) is 23.7 Å². The van der Waals surface area contributed by atoms with Gasteiger partial charge in [-0.2, -0.15) is 26.7 Å². The van der Waals surface area contributed by atoms with Gasteiger partial charge in [0.05, 0.1) is 5.71 Å². The summed E-state index contributed by atoms with van der Waals surface area (Å²) >= 11 is 5.89. The molecule has 8 nitrogen and oxygen atoms in total. The Morgan fingerprint density at radius 2 is 1.38 bits per heavy atom. The van der Waals surface area contributed by atoms with Crippen LogP contribution < -0.4 is 4.18 Å². The maximum absolute atomic E-state index is 12.5. The van der Waals surface area contributed by atoms with Crippen molar-refractivity contribution in [2.45, 2.75) is 5.51 Å². The van der Waals surface area contributed by atoms with Gasteiger partial charge in [-0.05, 0) is 36.4 Å². The average Bonchev–Trinajstić information content (AvgIpc) is 2.71. The Balaban J connectivity index is 2.46. The van der Waals surface area contributed by atoms with Crippen molar-refractivity contribution in [2.75, 3.05) is 21.1 Å². The number of hydrogen-bond donors (Lipinski definition) is 0. The molecule has 0 radical (unpaired) electrons. The van der Waals surface area contributed by atoms with Crippen molar-refractivity contribution in [3.63, 3.8) is 0 Å². The molecular formula is C19H17ClF3N3O5S. The van der Waals surface area contributed by atoms with Crippen LogP contribution in [-0.2, 0) is 19.7 Å². The normalized spacial score (nSPS) is 12.3. The fourth-order valence-electron chi connectivity index (χ4n) is 2.26. The third-order valence-corrected chi connectivity index (χ3v) is 5.10. The van der Waals surface area contributed by atoms with Crippen molar-refractivity contribution in [3.8, 4) is 5.75 Å². The summed E-state index contributed by atoms with van der Waals surface area (Å²) in [7, 11) is -1.78. The fraction of sp³-hybridized carbons (Fsp3) is 0.211. The molecule has 13 heteroatoms. The van der Waals surface area contributed by atoms with E-state index in [1.54, 1.807) is 24.3 Å². The maximum Gasteiger partial charge on any atom is 0.534 e. The van der Waals surface area contributed by atoms with Gasteiger partial charge < -0.3 is 9.08 Å². The number of carbonyl (C=O) groups is 2. The number of benzene rings is 2. The molecule has 0 fully saturated rings. The van der Waals surface area contributed by atoms with Gasteiger partial charge in [-0.3, -0.25) is 9.59 Å². The number of likely N-dealkylation sites (N-methyl/N-ethyl adjacent to an activating group) is 2. The summed E-state index contributed by atoms with van der Waals surface area (Å²) in [5, 5.41) is 5.39. The molecule has 0 aliphatic rings. The molecule has 2 aromatic carbocycles. The summed E-state index contributed by atoms with van der Waals surface area (Å²) in [5.41, 5.74) is -4.66. The molecule has 2 aromatic rings. The monoisotopic (exact) mass is 491 g/mol. The average molecular weight is 492 g/mol. The third kappa shape index (κ3) is 5.98. The van der Waals surface area contributed by atoms with Crippen molar-refractivity contribution in [1.82, 2.24) is 9.91 Å². The number of halogens is 4. The van der Waals surface area contributed by atoms with Gasteiger partial charge in [0, 0.05) is 37.3 Å². The van der Waals surface area contributed by atoms with Crippen LogP contribution in [0, 0.1) is 0 Å². The molecule has 0 aliphatic heterocycles. The van der Waals surface area contributed by atoms with E-state index >= 15 is 0 Å². The second-order valence-corrected chi connectivity index (χ2v) is 8.47. The highest BCUT2D eigenvalue weighted by molar-refractivity contribution is 7.88. The number of amides is 2. The van der Waals surface area contributed by atoms with Gasteiger partial charge in [0.2, 0.25) is 0 Å². The van der Waals surface area contributed by atoms with Crippen molar-refractivity contribution in [3.05, 3.63) is 64.7 Å². The largest absolute Gasteiger partial charge is 0.534 e. The molecule has 2 rings (SSSR count). The Hall–Kier alpha value is -3.12. The molecule has 0 aromatic heterocycles. The number of hydrogen-bond acceptors (Lipinski definition) is 6. The minimum Gasteiger partial charge on any atom is -0.376 e. The van der Waals surface area contributed by atoms with Crippen LogP contribution in [0.1, 0.15) is 11.1 Å². The van der Waals surface area contributed by atoms with Gasteiger partial charge in [-0.15, -0.1) is 0 Å². The summed E-state index contributed by atoms with van der Waals surface area (Å²) in [5.74, 6) is -2.33. The van der Waals surface area contributed by atoms with Gasteiger partial charge in [0.15, 0.2) is 0 Å². The summed E-state index contributed by atoms with van der Waals surface area (Å²) in [4.78, 5) is 25.3. The minimum atomic E-state index is -5.83. The van der Waals surface area contributed by atoms with E-state index in [4.69, 9.17) is 11.6 Å². The zero-order valence-corrected chi connectivity index (χ0v) is 18.5. The number of carbonyl (C=O) groups excluding carboxylic acids is 2. The van der Waals surface area contributed by atoms with Crippen molar-refractivity contribution in [1.29, 1.82) is 0 Å². The lowest BCUT2D eigenvalue weighted by Crippen LogP contribution is -2.38. The highest BCUT2D eigenvalue weighted by Crippen LogP contribution is 2.27. The first kappa shape index (κ1) is 25.1. The van der Waals surface area contributed by atoms with Crippen LogP contribution in [0.3, 0.4) is 0 Å². The van der Waals surface area contributed by atoms with E-state index in [-0.39, 0.29) is 5.71 Å². The second kappa shape index (κ2) is 9.57. The number of alkyl halides is 3. The third-order valence-electron chi connectivity index (χ3n) is 3.87. The van der Waals surface area contributed by atoms with Crippen LogP contribution in [-0.4, -0.2) is 62.5 Å². The smallest absolute Gasteiger partial charge is 0.376 e. The van der Waals surface area contributed by atoms with E-state index in [2.05, 4.69) is 9.28 Å². The van der Waals surface area contributed by atoms with Crippen molar-refractivity contribution >= 4 is 39.2 Å². The van der Waals surface area contributed by atoms with Crippen LogP contribution in [0.4, 0.5) is 13.2 Å². The lowest BCUT2D eigenvalue weighted by Gasteiger charge is -2.17. The topological polar surface area (TPSA) is 96.3 Å². The second-order valence-electron chi connectivity index (χ2n) is 6.49. The summed E-state index contributed by atoms with van der Waals surface area (Å²) < 4.78 is 63.9. The first-order valence-corrected chi connectivity index (χ1v) is 10.5. The Kier molecular flexibility index (Phi) is 7.52. The predicted octanol–water partition coefficient (Wildman–Crippen LogP) is 2.87. The van der Waals surface area contributed by atoms with Crippen LogP contribution in [0.2, 0.25) is 5.02 Å². The molecule has 32 heavy (non-hydrogen) atoms. The number of rotatable bonds is 5. The molecule has 0 spiro atoms. The van der Waals surface area contributed by atoms with Gasteiger partial charge in [-0.25, -0.2) is 5.01 Å².